The predicted octanol–water partition coefficient (Wildman–Crippen LogP) is 2.66. The number of benzene rings is 1. The van der Waals surface area contributed by atoms with Gasteiger partial charge < -0.3 is 10.4 Å². The summed E-state index contributed by atoms with van der Waals surface area (Å²) in [6.45, 7) is 2.05. The Bertz CT molecular complexity index is 401. The van der Waals surface area contributed by atoms with Crippen molar-refractivity contribution >= 4 is 5.97 Å². The molecule has 1 aromatic carbocycles. The first-order valence-electron chi connectivity index (χ1n) is 5.40. The van der Waals surface area contributed by atoms with E-state index in [1.165, 1.54) is 12.1 Å². The summed E-state index contributed by atoms with van der Waals surface area (Å²) < 4.78 is 36.9. The van der Waals surface area contributed by atoms with E-state index in [0.29, 0.717) is 12.1 Å². The number of carboxylic acid groups (broad SMARTS) is 1. The molecule has 0 saturated heterocycles. The van der Waals surface area contributed by atoms with Crippen LogP contribution in [0.4, 0.5) is 13.2 Å². The predicted molar refractivity (Wildman–Crippen MR) is 60.0 cm³/mol. The van der Waals surface area contributed by atoms with Gasteiger partial charge in [-0.15, -0.1) is 0 Å². The smallest absolute Gasteiger partial charge is 0.416 e. The largest absolute Gasteiger partial charge is 0.481 e. The molecule has 2 N–H and O–H groups in total. The van der Waals surface area contributed by atoms with E-state index in [1.807, 2.05) is 0 Å². The van der Waals surface area contributed by atoms with Crippen LogP contribution < -0.4 is 5.32 Å². The highest BCUT2D eigenvalue weighted by Crippen LogP contribution is 2.29. The first-order valence-corrected chi connectivity index (χ1v) is 5.40. The van der Waals surface area contributed by atoms with Gasteiger partial charge >= 0.3 is 12.1 Å². The third-order valence-corrected chi connectivity index (χ3v) is 2.42. The molecule has 0 spiro atoms. The second kappa shape index (κ2) is 5.86. The van der Waals surface area contributed by atoms with E-state index in [-0.39, 0.29) is 12.5 Å². The van der Waals surface area contributed by atoms with Gasteiger partial charge in [-0.1, -0.05) is 12.1 Å². The van der Waals surface area contributed by atoms with Gasteiger partial charge in [0.25, 0.3) is 0 Å². The van der Waals surface area contributed by atoms with Crippen molar-refractivity contribution in [2.24, 2.45) is 0 Å². The molecule has 0 amide bonds. The van der Waals surface area contributed by atoms with Crippen molar-refractivity contribution in [3.05, 3.63) is 35.4 Å². The Morgan fingerprint density at radius 3 is 2.33 bits per heavy atom. The van der Waals surface area contributed by atoms with Crippen LogP contribution in [0, 0.1) is 0 Å². The van der Waals surface area contributed by atoms with Gasteiger partial charge in [-0.05, 0) is 24.6 Å². The van der Waals surface area contributed by atoms with Gasteiger partial charge in [-0.3, -0.25) is 4.79 Å². The minimum Gasteiger partial charge on any atom is -0.481 e. The van der Waals surface area contributed by atoms with Crippen LogP contribution in [0.1, 0.15) is 24.5 Å². The zero-order chi connectivity index (χ0) is 13.8. The molecular weight excluding hydrogens is 247 g/mol. The van der Waals surface area contributed by atoms with Crippen molar-refractivity contribution in [1.82, 2.24) is 5.32 Å². The average molecular weight is 261 g/mol. The normalized spacial score (nSPS) is 13.3. The lowest BCUT2D eigenvalue weighted by Crippen LogP contribution is -2.27. The van der Waals surface area contributed by atoms with E-state index in [9.17, 15) is 18.0 Å². The Morgan fingerprint density at radius 1 is 1.33 bits per heavy atom. The number of halogens is 3. The summed E-state index contributed by atoms with van der Waals surface area (Å²) in [7, 11) is 0. The van der Waals surface area contributed by atoms with E-state index in [4.69, 9.17) is 5.11 Å². The molecule has 0 bridgehead atoms. The number of hydrogen-bond donors (Lipinski definition) is 2. The molecule has 0 aliphatic heterocycles. The van der Waals surface area contributed by atoms with Crippen LogP contribution >= 0.6 is 0 Å². The van der Waals surface area contributed by atoms with E-state index in [1.54, 1.807) is 6.92 Å². The molecular formula is C12H14F3NO2. The van der Waals surface area contributed by atoms with Gasteiger partial charge in [0.2, 0.25) is 0 Å². The summed E-state index contributed by atoms with van der Waals surface area (Å²) in [5.74, 6) is -0.914. The maximum Gasteiger partial charge on any atom is 0.416 e. The Labute approximate surface area is 103 Å². The molecule has 18 heavy (non-hydrogen) atoms. The van der Waals surface area contributed by atoms with Gasteiger partial charge in [0.05, 0.1) is 12.0 Å². The van der Waals surface area contributed by atoms with Crippen LogP contribution in [0.5, 0.6) is 0 Å². The average Bonchev–Trinajstić information content (AvgIpc) is 2.25. The number of nitrogens with one attached hydrogen (secondary N) is 1. The molecule has 0 aromatic heterocycles. The third-order valence-electron chi connectivity index (χ3n) is 2.42. The Kier molecular flexibility index (Phi) is 4.72. The fourth-order valence-electron chi connectivity index (χ4n) is 1.44. The topological polar surface area (TPSA) is 49.3 Å². The van der Waals surface area contributed by atoms with Crippen LogP contribution in [0.2, 0.25) is 0 Å². The molecule has 6 heteroatoms. The summed E-state index contributed by atoms with van der Waals surface area (Å²) in [5.41, 5.74) is -0.00919. The van der Waals surface area contributed by atoms with Gasteiger partial charge in [0.15, 0.2) is 0 Å². The summed E-state index contributed by atoms with van der Waals surface area (Å²) in [4.78, 5) is 10.4. The lowest BCUT2D eigenvalue weighted by atomic mass is 10.1. The SMILES string of the molecule is CC(CC(=O)O)NCc1ccc(C(F)(F)F)cc1. The van der Waals surface area contributed by atoms with Crippen LogP contribution in [0.3, 0.4) is 0 Å². The highest BCUT2D eigenvalue weighted by atomic mass is 19.4. The van der Waals surface area contributed by atoms with Crippen molar-refractivity contribution < 1.29 is 23.1 Å². The molecule has 1 atom stereocenters. The highest BCUT2D eigenvalue weighted by molar-refractivity contribution is 5.67. The summed E-state index contributed by atoms with van der Waals surface area (Å²) >= 11 is 0. The van der Waals surface area contributed by atoms with Gasteiger partial charge in [0, 0.05) is 12.6 Å². The van der Waals surface area contributed by atoms with Crippen LogP contribution in [0.25, 0.3) is 0 Å². The van der Waals surface area contributed by atoms with Crippen LogP contribution in [-0.4, -0.2) is 17.1 Å². The van der Waals surface area contributed by atoms with E-state index in [0.717, 1.165) is 12.1 Å². The quantitative estimate of drug-likeness (QED) is 0.856. The summed E-state index contributed by atoms with van der Waals surface area (Å²) in [5, 5.41) is 11.5. The molecule has 0 radical (unpaired) electrons. The highest BCUT2D eigenvalue weighted by Gasteiger charge is 2.29. The minimum absolute atomic E-state index is 0.0271. The van der Waals surface area contributed by atoms with Crippen molar-refractivity contribution in [2.75, 3.05) is 0 Å². The van der Waals surface area contributed by atoms with Crippen LogP contribution in [-0.2, 0) is 17.5 Å². The van der Waals surface area contributed by atoms with Crippen molar-refractivity contribution in [1.29, 1.82) is 0 Å². The molecule has 1 aromatic rings. The monoisotopic (exact) mass is 261 g/mol. The van der Waals surface area contributed by atoms with E-state index < -0.39 is 17.7 Å². The summed E-state index contributed by atoms with van der Waals surface area (Å²) in [6, 6.07) is 4.55. The first-order chi connectivity index (χ1) is 8.29. The molecule has 3 nitrogen and oxygen atoms in total. The second-order valence-corrected chi connectivity index (χ2v) is 4.07. The lowest BCUT2D eigenvalue weighted by molar-refractivity contribution is -0.138. The number of hydrogen-bond acceptors (Lipinski definition) is 2. The van der Waals surface area contributed by atoms with Gasteiger partial charge in [0.1, 0.15) is 0 Å². The standard InChI is InChI=1S/C12H14F3NO2/c1-8(6-11(17)18)16-7-9-2-4-10(5-3-9)12(13,14)15/h2-5,8,16H,6-7H2,1H3,(H,17,18). The van der Waals surface area contributed by atoms with E-state index in [2.05, 4.69) is 5.32 Å². The third kappa shape index (κ3) is 4.75. The van der Waals surface area contributed by atoms with Crippen molar-refractivity contribution in [2.45, 2.75) is 32.1 Å². The Hall–Kier alpha value is -1.56. The zero-order valence-corrected chi connectivity index (χ0v) is 9.79. The molecule has 0 aliphatic carbocycles. The number of rotatable bonds is 5. The number of alkyl halides is 3. The molecule has 0 aliphatic rings. The minimum atomic E-state index is -4.33. The van der Waals surface area contributed by atoms with Crippen molar-refractivity contribution in [3.8, 4) is 0 Å². The van der Waals surface area contributed by atoms with Gasteiger partial charge in [-0.2, -0.15) is 13.2 Å². The first kappa shape index (κ1) is 14.5. The molecule has 0 saturated carbocycles. The van der Waals surface area contributed by atoms with E-state index >= 15 is 0 Å². The number of carbonyl (C=O) groups is 1. The Balaban J connectivity index is 2.52. The Morgan fingerprint density at radius 2 is 1.89 bits per heavy atom. The maximum atomic E-state index is 12.3. The molecule has 1 unspecified atom stereocenters. The van der Waals surface area contributed by atoms with Crippen LogP contribution in [0.15, 0.2) is 24.3 Å². The fourth-order valence-corrected chi connectivity index (χ4v) is 1.44. The molecule has 1 rings (SSSR count). The maximum absolute atomic E-state index is 12.3. The van der Waals surface area contributed by atoms with Gasteiger partial charge in [-0.25, -0.2) is 0 Å². The lowest BCUT2D eigenvalue weighted by Gasteiger charge is -2.12. The molecule has 100 valence electrons. The summed E-state index contributed by atoms with van der Waals surface area (Å²) in [6.07, 6.45) is -4.36. The number of carboxylic acids is 1. The zero-order valence-electron chi connectivity index (χ0n) is 9.79. The number of aliphatic carboxylic acids is 1. The molecule has 0 heterocycles. The fraction of sp³-hybridized carbons (Fsp3) is 0.417. The molecule has 0 fully saturated rings. The van der Waals surface area contributed by atoms with Crippen molar-refractivity contribution in [3.63, 3.8) is 0 Å². The second-order valence-electron chi connectivity index (χ2n) is 4.07.